The summed E-state index contributed by atoms with van der Waals surface area (Å²) in [4.78, 5) is 26.9. The Morgan fingerprint density at radius 1 is 1.12 bits per heavy atom. The molecular weight excluding hydrogens is 350 g/mol. The summed E-state index contributed by atoms with van der Waals surface area (Å²) in [5.41, 5.74) is 3.37. The van der Waals surface area contributed by atoms with Crippen molar-refractivity contribution >= 4 is 28.5 Å². The number of carbonyl (C=O) groups excluding carboxylic acids is 1. The monoisotopic (exact) mass is 369 g/mol. The molecule has 0 atom stereocenters. The summed E-state index contributed by atoms with van der Waals surface area (Å²) in [6, 6.07) is 14.8. The van der Waals surface area contributed by atoms with Crippen LogP contribution in [-0.4, -0.2) is 17.6 Å². The molecule has 2 amide bonds. The van der Waals surface area contributed by atoms with Crippen LogP contribution < -0.4 is 16.2 Å². The van der Waals surface area contributed by atoms with E-state index in [1.54, 1.807) is 12.1 Å². The Morgan fingerprint density at radius 2 is 1.96 bits per heavy atom. The molecule has 3 aromatic rings. The zero-order chi connectivity index (χ0) is 18.5. The number of benzene rings is 2. The molecule has 5 nitrogen and oxygen atoms in total. The van der Waals surface area contributed by atoms with Crippen LogP contribution in [0.2, 0.25) is 5.02 Å². The van der Waals surface area contributed by atoms with Crippen molar-refractivity contribution < 1.29 is 4.79 Å². The predicted octanol–water partition coefficient (Wildman–Crippen LogP) is 3.53. The number of pyridine rings is 1. The minimum Gasteiger partial charge on any atom is -0.338 e. The molecule has 6 heteroatoms. The fourth-order valence-electron chi connectivity index (χ4n) is 2.75. The van der Waals surface area contributed by atoms with Crippen LogP contribution in [0.1, 0.15) is 16.7 Å². The third-order valence-electron chi connectivity index (χ3n) is 4.10. The molecule has 2 aromatic carbocycles. The fourth-order valence-corrected chi connectivity index (χ4v) is 2.96. The maximum atomic E-state index is 12.2. The quantitative estimate of drug-likeness (QED) is 0.643. The number of aromatic amines is 1. The molecule has 3 N–H and O–H groups in total. The summed E-state index contributed by atoms with van der Waals surface area (Å²) < 4.78 is 0. The van der Waals surface area contributed by atoms with Crippen LogP contribution in [-0.2, 0) is 13.0 Å². The zero-order valence-corrected chi connectivity index (χ0v) is 15.2. The Morgan fingerprint density at radius 3 is 2.77 bits per heavy atom. The number of urea groups is 1. The first kappa shape index (κ1) is 18.0. The first-order chi connectivity index (χ1) is 12.5. The van der Waals surface area contributed by atoms with E-state index in [1.165, 1.54) is 0 Å². The summed E-state index contributed by atoms with van der Waals surface area (Å²) in [7, 11) is 0. The Kier molecular flexibility index (Phi) is 5.58. The van der Waals surface area contributed by atoms with Crippen LogP contribution in [0, 0.1) is 6.92 Å². The SMILES string of the molecule is Cc1ccc2cc(CCNC(=O)NCc3cccc(Cl)c3)c(=O)[nH]c2c1. The summed E-state index contributed by atoms with van der Waals surface area (Å²) in [5, 5.41) is 7.15. The number of carbonyl (C=O) groups is 1. The second-order valence-electron chi connectivity index (χ2n) is 6.20. The molecule has 0 aliphatic carbocycles. The highest BCUT2D eigenvalue weighted by Gasteiger charge is 2.05. The van der Waals surface area contributed by atoms with Gasteiger partial charge in [0.25, 0.3) is 5.56 Å². The lowest BCUT2D eigenvalue weighted by atomic mass is 10.1. The summed E-state index contributed by atoms with van der Waals surface area (Å²) in [5.74, 6) is 0. The number of aromatic nitrogens is 1. The van der Waals surface area contributed by atoms with Crippen molar-refractivity contribution in [2.75, 3.05) is 6.54 Å². The molecule has 0 radical (unpaired) electrons. The van der Waals surface area contributed by atoms with Gasteiger partial charge < -0.3 is 15.6 Å². The average molecular weight is 370 g/mol. The van der Waals surface area contributed by atoms with Crippen molar-refractivity contribution in [3.63, 3.8) is 0 Å². The number of fused-ring (bicyclic) bond motifs is 1. The smallest absolute Gasteiger partial charge is 0.315 e. The molecule has 0 saturated heterocycles. The van der Waals surface area contributed by atoms with Gasteiger partial charge in [-0.1, -0.05) is 35.9 Å². The van der Waals surface area contributed by atoms with E-state index in [1.807, 2.05) is 43.3 Å². The van der Waals surface area contributed by atoms with Crippen molar-refractivity contribution in [2.45, 2.75) is 19.9 Å². The Labute approximate surface area is 156 Å². The summed E-state index contributed by atoms with van der Waals surface area (Å²) in [6.45, 7) is 2.75. The average Bonchev–Trinajstić information content (AvgIpc) is 2.60. The molecule has 0 aliphatic rings. The highest BCUT2D eigenvalue weighted by atomic mass is 35.5. The van der Waals surface area contributed by atoms with Gasteiger partial charge in [-0.3, -0.25) is 4.79 Å². The van der Waals surface area contributed by atoms with E-state index < -0.39 is 0 Å². The number of hydrogen-bond acceptors (Lipinski definition) is 2. The number of aryl methyl sites for hydroxylation is 1. The lowest BCUT2D eigenvalue weighted by molar-refractivity contribution is 0.240. The van der Waals surface area contributed by atoms with Crippen LogP contribution in [0.3, 0.4) is 0 Å². The van der Waals surface area contributed by atoms with Gasteiger partial charge in [0, 0.05) is 29.2 Å². The van der Waals surface area contributed by atoms with E-state index in [-0.39, 0.29) is 11.6 Å². The maximum Gasteiger partial charge on any atom is 0.315 e. The van der Waals surface area contributed by atoms with Crippen LogP contribution in [0.4, 0.5) is 4.79 Å². The highest BCUT2D eigenvalue weighted by Crippen LogP contribution is 2.13. The number of amides is 2. The van der Waals surface area contributed by atoms with E-state index in [2.05, 4.69) is 15.6 Å². The summed E-state index contributed by atoms with van der Waals surface area (Å²) in [6.07, 6.45) is 0.462. The normalized spacial score (nSPS) is 10.7. The minimum atomic E-state index is -0.280. The number of halogens is 1. The second kappa shape index (κ2) is 8.06. The van der Waals surface area contributed by atoms with Crippen LogP contribution in [0.5, 0.6) is 0 Å². The molecule has 0 fully saturated rings. The lowest BCUT2D eigenvalue weighted by Gasteiger charge is -2.08. The molecule has 1 heterocycles. The highest BCUT2D eigenvalue weighted by molar-refractivity contribution is 6.30. The van der Waals surface area contributed by atoms with Crippen molar-refractivity contribution in [1.29, 1.82) is 0 Å². The van der Waals surface area contributed by atoms with E-state index >= 15 is 0 Å². The number of rotatable bonds is 5. The molecule has 134 valence electrons. The molecule has 0 bridgehead atoms. The van der Waals surface area contributed by atoms with Gasteiger partial charge in [0.05, 0.1) is 0 Å². The van der Waals surface area contributed by atoms with Gasteiger partial charge in [-0.2, -0.15) is 0 Å². The van der Waals surface area contributed by atoms with Crippen LogP contribution in [0.25, 0.3) is 10.9 Å². The van der Waals surface area contributed by atoms with E-state index in [0.29, 0.717) is 30.1 Å². The Balaban J connectivity index is 1.53. The number of nitrogens with one attached hydrogen (secondary N) is 3. The number of hydrogen-bond donors (Lipinski definition) is 3. The van der Waals surface area contributed by atoms with Gasteiger partial charge in [0.1, 0.15) is 0 Å². The maximum absolute atomic E-state index is 12.2. The zero-order valence-electron chi connectivity index (χ0n) is 14.4. The van der Waals surface area contributed by atoms with Gasteiger partial charge in [-0.25, -0.2) is 4.79 Å². The first-order valence-electron chi connectivity index (χ1n) is 8.40. The molecule has 3 rings (SSSR count). The van der Waals surface area contributed by atoms with E-state index in [9.17, 15) is 9.59 Å². The van der Waals surface area contributed by atoms with Crippen LogP contribution in [0.15, 0.2) is 53.3 Å². The number of H-pyrrole nitrogens is 1. The van der Waals surface area contributed by atoms with Crippen LogP contribution >= 0.6 is 11.6 Å². The van der Waals surface area contributed by atoms with Crippen molar-refractivity contribution in [3.8, 4) is 0 Å². The van der Waals surface area contributed by atoms with E-state index in [0.717, 1.165) is 22.0 Å². The molecule has 0 saturated carbocycles. The van der Waals surface area contributed by atoms with Crippen molar-refractivity contribution in [1.82, 2.24) is 15.6 Å². The Hall–Kier alpha value is -2.79. The van der Waals surface area contributed by atoms with Gasteiger partial charge in [-0.15, -0.1) is 0 Å². The lowest BCUT2D eigenvalue weighted by Crippen LogP contribution is -2.36. The van der Waals surface area contributed by atoms with Crippen molar-refractivity contribution in [3.05, 3.63) is 80.6 Å². The van der Waals surface area contributed by atoms with E-state index in [4.69, 9.17) is 11.6 Å². The Bertz CT molecular complexity index is 998. The predicted molar refractivity (Wildman–Crippen MR) is 105 cm³/mol. The third kappa shape index (κ3) is 4.64. The minimum absolute atomic E-state index is 0.121. The standard InChI is InChI=1S/C20H20ClN3O2/c1-13-5-6-15-11-16(19(25)24-18(15)9-13)7-8-22-20(26)23-12-14-3-2-4-17(21)10-14/h2-6,9-11H,7-8,12H2,1H3,(H,24,25)(H2,22,23,26). The molecule has 0 unspecified atom stereocenters. The fraction of sp³-hybridized carbons (Fsp3) is 0.200. The topological polar surface area (TPSA) is 74.0 Å². The van der Waals surface area contributed by atoms with Gasteiger partial charge in [0.2, 0.25) is 0 Å². The molecule has 26 heavy (non-hydrogen) atoms. The molecule has 0 spiro atoms. The molecule has 1 aromatic heterocycles. The largest absolute Gasteiger partial charge is 0.338 e. The van der Waals surface area contributed by atoms with Gasteiger partial charge in [0.15, 0.2) is 0 Å². The van der Waals surface area contributed by atoms with Crippen molar-refractivity contribution in [2.24, 2.45) is 0 Å². The van der Waals surface area contributed by atoms with Gasteiger partial charge in [-0.05, 0) is 54.1 Å². The second-order valence-corrected chi connectivity index (χ2v) is 6.64. The molecule has 0 aliphatic heterocycles. The third-order valence-corrected chi connectivity index (χ3v) is 4.34. The summed E-state index contributed by atoms with van der Waals surface area (Å²) >= 11 is 5.92. The first-order valence-corrected chi connectivity index (χ1v) is 8.78. The molecular formula is C20H20ClN3O2. The van der Waals surface area contributed by atoms with Gasteiger partial charge >= 0.3 is 6.03 Å².